The molecule has 2 N–H and O–H groups in total. The van der Waals surface area contributed by atoms with E-state index < -0.39 is 0 Å². The highest BCUT2D eigenvalue weighted by atomic mass is 16.6. The zero-order valence-electron chi connectivity index (χ0n) is 14.1. The van der Waals surface area contributed by atoms with Crippen molar-refractivity contribution in [2.45, 2.75) is 6.54 Å². The first-order valence-corrected chi connectivity index (χ1v) is 8.15. The molecule has 0 aliphatic carbocycles. The van der Waals surface area contributed by atoms with Gasteiger partial charge in [0.15, 0.2) is 5.82 Å². The number of nitrogens with one attached hydrogen (secondary N) is 2. The molecule has 1 fully saturated rings. The topological polar surface area (TPSA) is 92.6 Å². The molecule has 2 aromatic rings. The molecule has 25 heavy (non-hydrogen) atoms. The molecule has 0 unspecified atom stereocenters. The highest BCUT2D eigenvalue weighted by Crippen LogP contribution is 2.27. The fourth-order valence-corrected chi connectivity index (χ4v) is 2.81. The zero-order valence-corrected chi connectivity index (χ0v) is 14.1. The Morgan fingerprint density at radius 3 is 2.80 bits per heavy atom. The summed E-state index contributed by atoms with van der Waals surface area (Å²) in [4.78, 5) is 17.5. The lowest BCUT2D eigenvalue weighted by molar-refractivity contribution is -0.384. The predicted octanol–water partition coefficient (Wildman–Crippen LogP) is 2.48. The summed E-state index contributed by atoms with van der Waals surface area (Å²) in [5, 5.41) is 17.4. The summed E-state index contributed by atoms with van der Waals surface area (Å²) in [6, 6.07) is 9.02. The van der Waals surface area contributed by atoms with Crippen LogP contribution in [-0.4, -0.2) is 43.3 Å². The summed E-state index contributed by atoms with van der Waals surface area (Å²) in [6.07, 6.45) is 1.77. The molecule has 1 saturated heterocycles. The number of nitrogens with zero attached hydrogens (tertiary/aromatic N) is 3. The van der Waals surface area contributed by atoms with Crippen molar-refractivity contribution in [3.63, 3.8) is 0 Å². The fourth-order valence-electron chi connectivity index (χ4n) is 2.81. The molecule has 0 saturated carbocycles. The Kier molecular flexibility index (Phi) is 5.30. The van der Waals surface area contributed by atoms with E-state index in [-0.39, 0.29) is 10.6 Å². The third-order valence-electron chi connectivity index (χ3n) is 4.11. The Hall–Kier alpha value is -2.87. The van der Waals surface area contributed by atoms with Crippen LogP contribution in [0.2, 0.25) is 0 Å². The van der Waals surface area contributed by atoms with Crippen molar-refractivity contribution in [1.82, 2.24) is 4.98 Å². The van der Waals surface area contributed by atoms with Crippen molar-refractivity contribution >= 4 is 22.9 Å². The maximum Gasteiger partial charge on any atom is 0.292 e. The van der Waals surface area contributed by atoms with Crippen LogP contribution in [0.1, 0.15) is 5.56 Å². The van der Waals surface area contributed by atoms with E-state index in [2.05, 4.69) is 20.5 Å². The van der Waals surface area contributed by atoms with Crippen LogP contribution in [0.25, 0.3) is 0 Å². The molecule has 0 atom stereocenters. The van der Waals surface area contributed by atoms with Gasteiger partial charge in [0, 0.05) is 38.9 Å². The molecule has 1 aromatic heterocycles. The van der Waals surface area contributed by atoms with Gasteiger partial charge >= 0.3 is 0 Å². The van der Waals surface area contributed by atoms with Gasteiger partial charge in [-0.25, -0.2) is 4.98 Å². The van der Waals surface area contributed by atoms with Crippen molar-refractivity contribution in [1.29, 1.82) is 0 Å². The van der Waals surface area contributed by atoms with Gasteiger partial charge in [0.25, 0.3) is 5.69 Å². The third-order valence-corrected chi connectivity index (χ3v) is 4.11. The van der Waals surface area contributed by atoms with Crippen LogP contribution in [0, 0.1) is 10.1 Å². The van der Waals surface area contributed by atoms with E-state index in [1.165, 1.54) is 0 Å². The standard InChI is InChI=1S/C17H21N5O3/c1-18-14-5-4-13(11-16(14)22(23)24)12-20-15-3-2-6-19-17(15)21-7-9-25-10-8-21/h2-6,11,18,20H,7-10,12H2,1H3. The van der Waals surface area contributed by atoms with E-state index in [9.17, 15) is 10.1 Å². The largest absolute Gasteiger partial charge is 0.383 e. The maximum absolute atomic E-state index is 11.2. The van der Waals surface area contributed by atoms with E-state index in [1.54, 1.807) is 25.4 Å². The smallest absolute Gasteiger partial charge is 0.292 e. The molecule has 3 rings (SSSR count). The van der Waals surface area contributed by atoms with Gasteiger partial charge in [-0.3, -0.25) is 10.1 Å². The minimum atomic E-state index is -0.376. The summed E-state index contributed by atoms with van der Waals surface area (Å²) in [6.45, 7) is 3.46. The van der Waals surface area contributed by atoms with Crippen LogP contribution >= 0.6 is 0 Å². The number of nitro groups is 1. The summed E-state index contributed by atoms with van der Waals surface area (Å²) in [7, 11) is 1.67. The number of hydrogen-bond acceptors (Lipinski definition) is 7. The molecule has 8 nitrogen and oxygen atoms in total. The molecule has 1 aliphatic heterocycles. The lowest BCUT2D eigenvalue weighted by atomic mass is 10.1. The number of ether oxygens (including phenoxy) is 1. The molecule has 2 heterocycles. The van der Waals surface area contributed by atoms with Crippen LogP contribution in [0.5, 0.6) is 0 Å². The normalized spacial score (nSPS) is 14.2. The second-order valence-electron chi connectivity index (χ2n) is 5.69. The highest BCUT2D eigenvalue weighted by molar-refractivity contribution is 5.66. The molecule has 8 heteroatoms. The van der Waals surface area contributed by atoms with E-state index in [4.69, 9.17) is 4.74 Å². The van der Waals surface area contributed by atoms with Crippen molar-refractivity contribution < 1.29 is 9.66 Å². The van der Waals surface area contributed by atoms with Crippen LogP contribution in [0.15, 0.2) is 36.5 Å². The Balaban J connectivity index is 1.76. The lowest BCUT2D eigenvalue weighted by Crippen LogP contribution is -2.37. The molecule has 0 radical (unpaired) electrons. The van der Waals surface area contributed by atoms with Gasteiger partial charge in [-0.05, 0) is 23.8 Å². The molecular formula is C17H21N5O3. The average Bonchev–Trinajstić information content (AvgIpc) is 2.67. The second kappa shape index (κ2) is 7.80. The Bertz CT molecular complexity index is 747. The monoisotopic (exact) mass is 343 g/mol. The van der Waals surface area contributed by atoms with Gasteiger partial charge in [-0.2, -0.15) is 0 Å². The van der Waals surface area contributed by atoms with Gasteiger partial charge in [-0.15, -0.1) is 0 Å². The molecular weight excluding hydrogens is 322 g/mol. The number of hydrogen-bond donors (Lipinski definition) is 2. The number of aromatic nitrogens is 1. The van der Waals surface area contributed by atoms with E-state index >= 15 is 0 Å². The number of pyridine rings is 1. The van der Waals surface area contributed by atoms with Crippen molar-refractivity contribution in [3.05, 3.63) is 52.2 Å². The van der Waals surface area contributed by atoms with Gasteiger partial charge in [0.2, 0.25) is 0 Å². The molecule has 0 amide bonds. The first-order valence-electron chi connectivity index (χ1n) is 8.15. The first kappa shape index (κ1) is 17.0. The second-order valence-corrected chi connectivity index (χ2v) is 5.69. The quantitative estimate of drug-likeness (QED) is 0.615. The average molecular weight is 343 g/mol. The van der Waals surface area contributed by atoms with Crippen molar-refractivity contribution in [3.8, 4) is 0 Å². The molecule has 0 spiro atoms. The minimum Gasteiger partial charge on any atom is -0.383 e. The van der Waals surface area contributed by atoms with Crippen LogP contribution in [-0.2, 0) is 11.3 Å². The highest BCUT2D eigenvalue weighted by Gasteiger charge is 2.17. The summed E-state index contributed by atoms with van der Waals surface area (Å²) in [5.41, 5.74) is 2.32. The number of anilines is 3. The first-order chi connectivity index (χ1) is 12.2. The molecule has 1 aromatic carbocycles. The van der Waals surface area contributed by atoms with Gasteiger partial charge in [-0.1, -0.05) is 6.07 Å². The van der Waals surface area contributed by atoms with Crippen molar-refractivity contribution in [2.75, 3.05) is 48.9 Å². The molecule has 132 valence electrons. The fraction of sp³-hybridized carbons (Fsp3) is 0.353. The zero-order chi connectivity index (χ0) is 17.6. The van der Waals surface area contributed by atoms with E-state index in [1.807, 2.05) is 18.2 Å². The van der Waals surface area contributed by atoms with Crippen molar-refractivity contribution in [2.24, 2.45) is 0 Å². The maximum atomic E-state index is 11.2. The molecule has 1 aliphatic rings. The number of nitro benzene ring substituents is 1. The SMILES string of the molecule is CNc1ccc(CNc2cccnc2N2CCOCC2)cc1[N+](=O)[O-]. The minimum absolute atomic E-state index is 0.0707. The summed E-state index contributed by atoms with van der Waals surface area (Å²) >= 11 is 0. The Morgan fingerprint density at radius 2 is 2.08 bits per heavy atom. The third kappa shape index (κ3) is 3.97. The summed E-state index contributed by atoms with van der Waals surface area (Å²) < 4.78 is 5.39. The molecule has 0 bridgehead atoms. The lowest BCUT2D eigenvalue weighted by Gasteiger charge is -2.29. The Labute approximate surface area is 146 Å². The van der Waals surface area contributed by atoms with E-state index in [0.29, 0.717) is 25.4 Å². The number of morpholine rings is 1. The van der Waals surface area contributed by atoms with Crippen LogP contribution in [0.4, 0.5) is 22.9 Å². The number of rotatable bonds is 6. The van der Waals surface area contributed by atoms with Gasteiger partial charge in [0.1, 0.15) is 5.69 Å². The van der Waals surface area contributed by atoms with Crippen LogP contribution in [0.3, 0.4) is 0 Å². The van der Waals surface area contributed by atoms with Gasteiger partial charge in [0.05, 0.1) is 23.8 Å². The number of benzene rings is 1. The van der Waals surface area contributed by atoms with Crippen LogP contribution < -0.4 is 15.5 Å². The Morgan fingerprint density at radius 1 is 1.28 bits per heavy atom. The van der Waals surface area contributed by atoms with E-state index in [0.717, 1.165) is 30.2 Å². The summed E-state index contributed by atoms with van der Waals surface area (Å²) in [5.74, 6) is 0.882. The predicted molar refractivity (Wildman–Crippen MR) is 97.2 cm³/mol. The van der Waals surface area contributed by atoms with Gasteiger partial charge < -0.3 is 20.3 Å².